The molecule has 0 saturated heterocycles. The van der Waals surface area contributed by atoms with Gasteiger partial charge in [-0.05, 0) is 36.2 Å². The highest BCUT2D eigenvalue weighted by atomic mass is 32.1. The Labute approximate surface area is 154 Å². The van der Waals surface area contributed by atoms with Crippen molar-refractivity contribution in [2.24, 2.45) is 0 Å². The van der Waals surface area contributed by atoms with Gasteiger partial charge in [-0.3, -0.25) is 4.79 Å². The number of amides is 1. The highest BCUT2D eigenvalue weighted by Gasteiger charge is 2.23. The second-order valence-corrected chi connectivity index (χ2v) is 6.50. The smallest absolute Gasteiger partial charge is 0.341 e. The molecule has 0 aliphatic heterocycles. The average molecular weight is 369 g/mol. The van der Waals surface area contributed by atoms with Gasteiger partial charge < -0.3 is 10.1 Å². The van der Waals surface area contributed by atoms with Crippen molar-refractivity contribution in [1.82, 2.24) is 0 Å². The molecule has 132 valence electrons. The highest BCUT2D eigenvalue weighted by Crippen LogP contribution is 2.36. The maximum Gasteiger partial charge on any atom is 0.341 e. The zero-order valence-corrected chi connectivity index (χ0v) is 15.0. The van der Waals surface area contributed by atoms with E-state index in [1.165, 1.54) is 30.6 Å². The third kappa shape index (κ3) is 3.50. The number of thiophene rings is 1. The summed E-state index contributed by atoms with van der Waals surface area (Å²) in [5.74, 6) is -1.23. The first kappa shape index (κ1) is 17.8. The van der Waals surface area contributed by atoms with E-state index in [1.54, 1.807) is 29.6 Å². The minimum absolute atomic E-state index is 0.256. The van der Waals surface area contributed by atoms with Crippen molar-refractivity contribution in [1.29, 1.82) is 0 Å². The molecule has 0 radical (unpaired) electrons. The van der Waals surface area contributed by atoms with Crippen LogP contribution in [-0.4, -0.2) is 19.0 Å². The highest BCUT2D eigenvalue weighted by molar-refractivity contribution is 7.15. The summed E-state index contributed by atoms with van der Waals surface area (Å²) in [6.45, 7) is 1.84. The maximum atomic E-state index is 13.2. The van der Waals surface area contributed by atoms with Gasteiger partial charge in [-0.1, -0.05) is 30.3 Å². The van der Waals surface area contributed by atoms with Crippen LogP contribution in [0.3, 0.4) is 0 Å². The van der Waals surface area contributed by atoms with Gasteiger partial charge in [0.2, 0.25) is 0 Å². The first-order valence-electron chi connectivity index (χ1n) is 7.84. The van der Waals surface area contributed by atoms with Crippen molar-refractivity contribution in [3.05, 3.63) is 76.4 Å². The third-order valence-corrected chi connectivity index (χ3v) is 4.85. The largest absolute Gasteiger partial charge is 0.465 e. The van der Waals surface area contributed by atoms with Gasteiger partial charge in [0.05, 0.1) is 7.11 Å². The van der Waals surface area contributed by atoms with E-state index in [4.69, 9.17) is 4.74 Å². The molecule has 3 aromatic rings. The number of anilines is 1. The standard InChI is InChI=1S/C20H16FNO3S/c1-12-5-3-4-6-15(12)18(23)22-19-17(20(24)25-2)16(11-26-19)13-7-9-14(21)10-8-13/h3-11H,1-2H3,(H,22,23). The van der Waals surface area contributed by atoms with Gasteiger partial charge in [0.1, 0.15) is 16.4 Å². The molecule has 0 unspecified atom stereocenters. The number of hydrogen-bond acceptors (Lipinski definition) is 4. The van der Waals surface area contributed by atoms with E-state index in [-0.39, 0.29) is 17.3 Å². The van der Waals surface area contributed by atoms with Gasteiger partial charge in [-0.25, -0.2) is 9.18 Å². The fourth-order valence-corrected chi connectivity index (χ4v) is 3.55. The normalized spacial score (nSPS) is 10.4. The molecular weight excluding hydrogens is 353 g/mol. The molecule has 1 heterocycles. The van der Waals surface area contributed by atoms with Gasteiger partial charge in [-0.15, -0.1) is 11.3 Å². The van der Waals surface area contributed by atoms with Crippen molar-refractivity contribution < 1.29 is 18.7 Å². The summed E-state index contributed by atoms with van der Waals surface area (Å²) in [6.07, 6.45) is 0. The Balaban J connectivity index is 2.00. The Morgan fingerprint density at radius 2 is 1.77 bits per heavy atom. The second-order valence-electron chi connectivity index (χ2n) is 5.62. The van der Waals surface area contributed by atoms with Crippen LogP contribution in [0.5, 0.6) is 0 Å². The quantitative estimate of drug-likeness (QED) is 0.666. The van der Waals surface area contributed by atoms with E-state index in [2.05, 4.69) is 5.32 Å². The van der Waals surface area contributed by atoms with Crippen molar-refractivity contribution >= 4 is 28.2 Å². The number of aryl methyl sites for hydroxylation is 1. The van der Waals surface area contributed by atoms with Crippen LogP contribution in [0.4, 0.5) is 9.39 Å². The lowest BCUT2D eigenvalue weighted by Crippen LogP contribution is -2.15. The molecule has 0 atom stereocenters. The molecular formula is C20H16FNO3S. The minimum atomic E-state index is -0.564. The first-order chi connectivity index (χ1) is 12.5. The molecule has 0 bridgehead atoms. The average Bonchev–Trinajstić information content (AvgIpc) is 3.05. The number of methoxy groups -OCH3 is 1. The van der Waals surface area contributed by atoms with E-state index >= 15 is 0 Å². The summed E-state index contributed by atoms with van der Waals surface area (Å²) in [5.41, 5.74) is 2.87. The van der Waals surface area contributed by atoms with Gasteiger partial charge in [0, 0.05) is 16.5 Å². The number of halogens is 1. The summed E-state index contributed by atoms with van der Waals surface area (Å²) in [4.78, 5) is 24.9. The number of benzene rings is 2. The summed E-state index contributed by atoms with van der Waals surface area (Å²) in [6, 6.07) is 13.0. The number of ether oxygens (including phenoxy) is 1. The fourth-order valence-electron chi connectivity index (χ4n) is 2.59. The van der Waals surface area contributed by atoms with Crippen LogP contribution in [0, 0.1) is 12.7 Å². The lowest BCUT2D eigenvalue weighted by atomic mass is 10.0. The van der Waals surface area contributed by atoms with Crippen LogP contribution >= 0.6 is 11.3 Å². The molecule has 0 saturated carbocycles. The van der Waals surface area contributed by atoms with Crippen molar-refractivity contribution in [2.45, 2.75) is 6.92 Å². The molecule has 0 aliphatic rings. The van der Waals surface area contributed by atoms with Crippen LogP contribution < -0.4 is 5.32 Å². The fraction of sp³-hybridized carbons (Fsp3) is 0.100. The Hall–Kier alpha value is -2.99. The topological polar surface area (TPSA) is 55.4 Å². The number of carbonyl (C=O) groups is 2. The van der Waals surface area contributed by atoms with E-state index in [0.717, 1.165) is 5.56 Å². The van der Waals surface area contributed by atoms with Crippen LogP contribution in [0.2, 0.25) is 0 Å². The second kappa shape index (κ2) is 7.49. The van der Waals surface area contributed by atoms with Crippen LogP contribution in [0.15, 0.2) is 53.9 Å². The number of rotatable bonds is 4. The molecule has 4 nitrogen and oxygen atoms in total. The van der Waals surface area contributed by atoms with Crippen LogP contribution in [-0.2, 0) is 4.74 Å². The minimum Gasteiger partial charge on any atom is -0.465 e. The van der Waals surface area contributed by atoms with Gasteiger partial charge in [0.15, 0.2) is 0 Å². The molecule has 1 amide bonds. The van der Waals surface area contributed by atoms with Gasteiger partial charge >= 0.3 is 5.97 Å². The predicted molar refractivity (Wildman–Crippen MR) is 100 cm³/mol. The molecule has 0 spiro atoms. The Morgan fingerprint density at radius 3 is 2.42 bits per heavy atom. The lowest BCUT2D eigenvalue weighted by molar-refractivity contribution is 0.0603. The lowest BCUT2D eigenvalue weighted by Gasteiger charge is -2.09. The molecule has 2 aromatic carbocycles. The summed E-state index contributed by atoms with van der Waals surface area (Å²) >= 11 is 1.22. The van der Waals surface area contributed by atoms with E-state index in [0.29, 0.717) is 21.7 Å². The Kier molecular flexibility index (Phi) is 5.14. The molecule has 0 fully saturated rings. The number of hydrogen-bond donors (Lipinski definition) is 1. The zero-order valence-electron chi connectivity index (χ0n) is 14.2. The first-order valence-corrected chi connectivity index (χ1v) is 8.72. The van der Waals surface area contributed by atoms with Crippen molar-refractivity contribution in [2.75, 3.05) is 12.4 Å². The zero-order chi connectivity index (χ0) is 18.7. The van der Waals surface area contributed by atoms with E-state index in [1.807, 2.05) is 19.1 Å². The molecule has 6 heteroatoms. The molecule has 1 aromatic heterocycles. The van der Waals surface area contributed by atoms with E-state index < -0.39 is 5.97 Å². The number of nitrogens with one attached hydrogen (secondary N) is 1. The van der Waals surface area contributed by atoms with Gasteiger partial charge in [0.25, 0.3) is 5.91 Å². The molecule has 3 rings (SSSR count). The summed E-state index contributed by atoms with van der Waals surface area (Å²) < 4.78 is 18.1. The summed E-state index contributed by atoms with van der Waals surface area (Å²) in [7, 11) is 1.28. The monoisotopic (exact) mass is 369 g/mol. The SMILES string of the molecule is COC(=O)c1c(-c2ccc(F)cc2)csc1NC(=O)c1ccccc1C. The van der Waals surface area contributed by atoms with Crippen LogP contribution in [0.1, 0.15) is 26.3 Å². The Morgan fingerprint density at radius 1 is 1.08 bits per heavy atom. The third-order valence-electron chi connectivity index (χ3n) is 3.95. The van der Waals surface area contributed by atoms with Crippen molar-refractivity contribution in [3.8, 4) is 11.1 Å². The maximum absolute atomic E-state index is 13.2. The molecule has 0 aliphatic carbocycles. The van der Waals surface area contributed by atoms with Crippen LogP contribution in [0.25, 0.3) is 11.1 Å². The molecule has 26 heavy (non-hydrogen) atoms. The predicted octanol–water partition coefficient (Wildman–Crippen LogP) is 4.90. The Bertz CT molecular complexity index is 963. The number of carbonyl (C=O) groups excluding carboxylic acids is 2. The molecule has 1 N–H and O–H groups in total. The summed E-state index contributed by atoms with van der Waals surface area (Å²) in [5, 5.41) is 4.93. The van der Waals surface area contributed by atoms with E-state index in [9.17, 15) is 14.0 Å². The number of esters is 1. The van der Waals surface area contributed by atoms with Gasteiger partial charge in [-0.2, -0.15) is 0 Å². The van der Waals surface area contributed by atoms with Crippen molar-refractivity contribution in [3.63, 3.8) is 0 Å².